The number of hydrogen-bond acceptors (Lipinski definition) is 0. The van der Waals surface area contributed by atoms with Crippen molar-refractivity contribution in [1.29, 1.82) is 0 Å². The van der Waals surface area contributed by atoms with Gasteiger partial charge in [-0.05, 0) is 0 Å². The molecular formula is Eu3Mg15. The van der Waals surface area contributed by atoms with Gasteiger partial charge in [0.25, 0.3) is 0 Å². The van der Waals surface area contributed by atoms with Crippen LogP contribution in [0.3, 0.4) is 0 Å². The molecule has 0 saturated carbocycles. The molecule has 0 atom stereocenters. The van der Waals surface area contributed by atoms with Gasteiger partial charge in [-0.25, -0.2) is 0 Å². The van der Waals surface area contributed by atoms with E-state index in [2.05, 4.69) is 36.1 Å². The molecule has 18 heteroatoms. The van der Waals surface area contributed by atoms with Gasteiger partial charge in [0, 0.05) is 454 Å². The molecule has 0 amide bonds. The fourth-order valence-corrected chi connectivity index (χ4v) is 0. The molecule has 0 aliphatic rings. The first-order chi connectivity index (χ1) is 2.91. The zero-order chi connectivity index (χ0) is 5.41. The van der Waals surface area contributed by atoms with Crippen LogP contribution in [-0.4, -0.2) is 306 Å². The minimum atomic E-state index is 0. The summed E-state index contributed by atoms with van der Waals surface area (Å²) in [4.78, 5) is 0. The van der Waals surface area contributed by atoms with E-state index in [0.29, 0.717) is 26.1 Å². The predicted molar refractivity (Wildman–Crippen MR) is 86.3 cm³/mol. The molecule has 0 nitrogen and oxygen atoms in total. The molecule has 0 aliphatic heterocycles. The van der Waals surface area contributed by atoms with E-state index in [1.165, 1.54) is 0 Å². The van der Waals surface area contributed by atoms with Gasteiger partial charge in [0.15, 0.2) is 0 Å². The van der Waals surface area contributed by atoms with Gasteiger partial charge in [0.1, 0.15) is 0 Å². The molecular weight excluding hydrogens is 820 g/mol. The molecule has 18 heavy (non-hydrogen) atoms. The van der Waals surface area contributed by atoms with E-state index in [1.807, 2.05) is 36.1 Å². The molecule has 0 unspecified atom stereocenters. The Morgan fingerprint density at radius 2 is 0.444 bits per heavy atom. The van der Waals surface area contributed by atoms with Crippen molar-refractivity contribution in [3.8, 4) is 0 Å². The predicted octanol–water partition coefficient (Wildman–Crippen LogP) is -5.71. The van der Waals surface area contributed by atoms with Gasteiger partial charge in [0.05, 0.1) is 0 Å². The maximum atomic E-state index is 2.23. The maximum absolute atomic E-state index is 2.23. The average Bonchev–Trinajstić information content (AvgIpc) is 1.72. The third-order valence-corrected chi connectivity index (χ3v) is 20.2. The van der Waals surface area contributed by atoms with Crippen molar-refractivity contribution in [3.05, 3.63) is 0 Å². The van der Waals surface area contributed by atoms with Crippen LogP contribution in [0, 0.1) is 148 Å². The molecule has 0 rings (SSSR count). The van der Waals surface area contributed by atoms with Crippen LogP contribution in [0.1, 0.15) is 0 Å². The van der Waals surface area contributed by atoms with Gasteiger partial charge in [-0.1, -0.05) is 0 Å². The van der Waals surface area contributed by atoms with E-state index in [4.69, 9.17) is 0 Å². The van der Waals surface area contributed by atoms with E-state index < -0.39 is 0 Å². The Balaban J connectivity index is -0.000000000923. The molecule has 0 aliphatic carbocycles. The fraction of sp³-hybridized carbons (Fsp3) is 0. The van der Waals surface area contributed by atoms with Crippen LogP contribution in [0.4, 0.5) is 0 Å². The summed E-state index contributed by atoms with van der Waals surface area (Å²) in [5.41, 5.74) is 0. The second-order valence-electron chi connectivity index (χ2n) is 0.707. The summed E-state index contributed by atoms with van der Waals surface area (Å²) in [7, 11) is 0. The van der Waals surface area contributed by atoms with Crippen LogP contribution < -0.4 is 0 Å². The third kappa shape index (κ3) is 106. The summed E-state index contributed by atoms with van der Waals surface area (Å²) in [5.74, 6) is 0. The summed E-state index contributed by atoms with van der Waals surface area (Å²) >= 11 is 9.44. The van der Waals surface area contributed by atoms with Crippen molar-refractivity contribution in [2.45, 2.75) is 0 Å². The molecule has 0 N–H and O–H groups in total. The van der Waals surface area contributed by atoms with E-state index in [9.17, 15) is 0 Å². The summed E-state index contributed by atoms with van der Waals surface area (Å²) < 4.78 is 0. The van der Waals surface area contributed by atoms with E-state index in [1.54, 1.807) is 0 Å². The minimum Gasteiger partial charge on any atom is 0 e. The first-order valence-corrected chi connectivity index (χ1v) is 18.0. The van der Waals surface area contributed by atoms with Crippen molar-refractivity contribution in [3.63, 3.8) is 0 Å². The third-order valence-electron chi connectivity index (χ3n) is 0.250. The van der Waals surface area contributed by atoms with Crippen molar-refractivity contribution in [2.24, 2.45) is 0 Å². The Morgan fingerprint density at radius 1 is 0.389 bits per heavy atom. The molecule has 0 saturated heterocycles. The largest absolute Gasteiger partial charge is 0 e. The van der Waals surface area contributed by atoms with Crippen LogP contribution in [0.2, 0.25) is 0 Å². The van der Waals surface area contributed by atoms with Crippen molar-refractivity contribution < 1.29 is 148 Å². The molecule has 0 aromatic rings. The minimum absolute atomic E-state index is 0. The smallest absolute Gasteiger partial charge is 0 e. The second-order valence-corrected chi connectivity index (χ2v) is 19.1. The van der Waals surface area contributed by atoms with E-state index in [0.717, 1.165) is 0 Å². The maximum Gasteiger partial charge on any atom is 0 e. The summed E-state index contributed by atoms with van der Waals surface area (Å²) in [6.07, 6.45) is 0. The van der Waals surface area contributed by atoms with Crippen LogP contribution >= 0.6 is 0 Å². The van der Waals surface area contributed by atoms with Crippen LogP contribution in [-0.2, 0) is 0 Å². The standard InChI is InChI=1S/3Eu.15Mg. The van der Waals surface area contributed by atoms with Gasteiger partial charge >= 0.3 is 0 Å². The zero-order valence-corrected chi connectivity index (χ0v) is 40.2. The van der Waals surface area contributed by atoms with Crippen molar-refractivity contribution in [1.82, 2.24) is 0 Å². The molecule has 25 radical (unpaired) electrons. The summed E-state index contributed by atoms with van der Waals surface area (Å²) in [6, 6.07) is 0. The van der Waals surface area contributed by atoms with Gasteiger partial charge in [-0.15, -0.1) is 0 Å². The summed E-state index contributed by atoms with van der Waals surface area (Å²) in [5, 5.41) is 0. The molecule has 0 fully saturated rings. The average molecular weight is 820 g/mol. The zero-order valence-electron chi connectivity index (χ0n) is 11.7. The van der Waals surface area contributed by atoms with Crippen LogP contribution in [0.15, 0.2) is 0 Å². The monoisotopic (exact) mass is 819 g/mol. The Morgan fingerprint density at radius 3 is 0.444 bits per heavy atom. The van der Waals surface area contributed by atoms with Gasteiger partial charge in [-0.2, -0.15) is 0 Å². The SMILES string of the molecule is [Eu].[Eu].[Eu].[Mg].[Mg].[Mg].[Mg].[Mg].[Mg].[Mg].[Mg].[Mg].[Mg][Mg].[Mg][Mg][Mg][Mg]. The van der Waals surface area contributed by atoms with Crippen molar-refractivity contribution in [2.75, 3.05) is 0 Å². The molecule has 0 aromatic heterocycles. The molecule has 0 heterocycles. The van der Waals surface area contributed by atoms with Crippen LogP contribution in [0.25, 0.3) is 0 Å². The quantitative estimate of drug-likeness (QED) is 0.232. The van der Waals surface area contributed by atoms with E-state index >= 15 is 0 Å². The van der Waals surface area contributed by atoms with Gasteiger partial charge in [-0.3, -0.25) is 0 Å². The normalized spacial score (nSPS) is 0.667. The first-order valence-electron chi connectivity index (χ1n) is 2.00. The Kier molecular flexibility index (Phi) is 533. The molecule has 51 valence electrons. The van der Waals surface area contributed by atoms with Gasteiger partial charge in [0.2, 0.25) is 0 Å². The molecule has 0 aromatic carbocycles. The molecule has 0 bridgehead atoms. The Labute approximate surface area is 437 Å². The number of rotatable bonds is 1. The van der Waals surface area contributed by atoms with E-state index in [-0.39, 0.29) is 356 Å². The fourth-order valence-electron chi connectivity index (χ4n) is 0. The Bertz CT molecular complexity index is 13.7. The van der Waals surface area contributed by atoms with Crippen molar-refractivity contribution >= 4 is 306 Å². The Hall–Kier alpha value is 16.2. The van der Waals surface area contributed by atoms with Crippen LogP contribution in [0.5, 0.6) is 0 Å². The van der Waals surface area contributed by atoms with Gasteiger partial charge < -0.3 is 0 Å². The number of hydrogen-bond donors (Lipinski definition) is 0. The molecule has 0 spiro atoms. The second kappa shape index (κ2) is 104. The summed E-state index contributed by atoms with van der Waals surface area (Å²) in [6.45, 7) is 0. The first kappa shape index (κ1) is 92.3. The topological polar surface area (TPSA) is 0 Å².